The predicted molar refractivity (Wildman–Crippen MR) is 114 cm³/mol. The van der Waals surface area contributed by atoms with Gasteiger partial charge in [-0.25, -0.2) is 8.42 Å². The quantitative estimate of drug-likeness (QED) is 0.737. The van der Waals surface area contributed by atoms with Crippen LogP contribution in [0.15, 0.2) is 47.4 Å². The number of aryl methyl sites for hydroxylation is 2. The van der Waals surface area contributed by atoms with Crippen molar-refractivity contribution in [2.45, 2.75) is 31.6 Å². The number of sulfonamides is 1. The number of anilines is 2. The number of carbonyl (C=O) groups excluding carboxylic acids is 1. The van der Waals surface area contributed by atoms with Gasteiger partial charge >= 0.3 is 0 Å². The molecule has 3 rings (SSSR count). The van der Waals surface area contributed by atoms with E-state index in [1.165, 1.54) is 4.31 Å². The highest BCUT2D eigenvalue weighted by molar-refractivity contribution is 7.89. The van der Waals surface area contributed by atoms with E-state index in [1.54, 1.807) is 36.4 Å². The van der Waals surface area contributed by atoms with Gasteiger partial charge in [0.2, 0.25) is 15.9 Å². The molecule has 0 atom stereocenters. The summed E-state index contributed by atoms with van der Waals surface area (Å²) < 4.78 is 27.0. The summed E-state index contributed by atoms with van der Waals surface area (Å²) in [5.74, 6) is -0.300. The third-order valence-corrected chi connectivity index (χ3v) is 6.92. The van der Waals surface area contributed by atoms with E-state index < -0.39 is 10.0 Å². The summed E-state index contributed by atoms with van der Waals surface area (Å²) in [4.78, 5) is 12.9. The molecule has 1 aliphatic rings. The van der Waals surface area contributed by atoms with Crippen LogP contribution in [-0.2, 0) is 14.8 Å². The first-order chi connectivity index (χ1) is 12.8. The van der Waals surface area contributed by atoms with Crippen molar-refractivity contribution < 1.29 is 13.2 Å². The van der Waals surface area contributed by atoms with Crippen molar-refractivity contribution in [3.8, 4) is 0 Å². The van der Waals surface area contributed by atoms with E-state index in [0.29, 0.717) is 42.2 Å². The molecule has 2 aromatic rings. The summed E-state index contributed by atoms with van der Waals surface area (Å²) in [7, 11) is -3.51. The fourth-order valence-electron chi connectivity index (χ4n) is 3.23. The van der Waals surface area contributed by atoms with E-state index in [4.69, 9.17) is 5.73 Å². The summed E-state index contributed by atoms with van der Waals surface area (Å²) in [6.45, 7) is 4.50. The maximum atomic E-state index is 12.8. The lowest BCUT2D eigenvalue weighted by Gasteiger charge is -2.30. The van der Waals surface area contributed by atoms with Crippen LogP contribution in [0.2, 0.25) is 0 Å². The van der Waals surface area contributed by atoms with Gasteiger partial charge in [-0.05, 0) is 56.5 Å². The van der Waals surface area contributed by atoms with Gasteiger partial charge in [0.1, 0.15) is 0 Å². The first kappa shape index (κ1) is 22.2. The molecule has 0 unspecified atom stereocenters. The fraction of sp³-hybridized carbons (Fsp3) is 0.350. The zero-order chi connectivity index (χ0) is 19.6. The van der Waals surface area contributed by atoms with Crippen molar-refractivity contribution in [3.63, 3.8) is 0 Å². The molecule has 1 heterocycles. The molecule has 0 aliphatic carbocycles. The lowest BCUT2D eigenvalue weighted by molar-refractivity contribution is -0.120. The minimum Gasteiger partial charge on any atom is -0.399 e. The highest BCUT2D eigenvalue weighted by Crippen LogP contribution is 2.26. The standard InChI is InChI=1S/C20H25N3O3S.ClH/c1-14-3-7-18(8-4-14)27(25,26)23-11-9-16(10-12-23)20(24)22-19-13-17(21)6-5-15(19)2;/h3-8,13,16H,9-12,21H2,1-2H3,(H,22,24);1H. The van der Waals surface area contributed by atoms with Crippen molar-refractivity contribution in [1.29, 1.82) is 0 Å². The molecule has 8 heteroatoms. The summed E-state index contributed by atoms with van der Waals surface area (Å²) in [5, 5.41) is 2.93. The Hall–Kier alpha value is -2.09. The van der Waals surface area contributed by atoms with Crippen LogP contribution in [-0.4, -0.2) is 31.7 Å². The molecule has 6 nitrogen and oxygen atoms in total. The van der Waals surface area contributed by atoms with Gasteiger partial charge in [0.25, 0.3) is 0 Å². The molecule has 2 aromatic carbocycles. The van der Waals surface area contributed by atoms with E-state index in [-0.39, 0.29) is 24.2 Å². The number of hydrogen-bond acceptors (Lipinski definition) is 4. The molecular weight excluding hydrogens is 398 g/mol. The van der Waals surface area contributed by atoms with Crippen LogP contribution in [0.4, 0.5) is 11.4 Å². The average molecular weight is 424 g/mol. The minimum atomic E-state index is -3.51. The molecule has 1 saturated heterocycles. The number of piperidine rings is 1. The van der Waals surface area contributed by atoms with Crippen molar-refractivity contribution in [2.75, 3.05) is 24.1 Å². The largest absolute Gasteiger partial charge is 0.399 e. The zero-order valence-corrected chi connectivity index (χ0v) is 17.6. The Bertz CT molecular complexity index is 938. The number of nitrogens with one attached hydrogen (secondary N) is 1. The van der Waals surface area contributed by atoms with Crippen LogP contribution in [0.1, 0.15) is 24.0 Å². The molecule has 1 amide bonds. The third-order valence-electron chi connectivity index (χ3n) is 5.00. The molecular formula is C20H26ClN3O3S. The second-order valence-corrected chi connectivity index (χ2v) is 8.99. The Balaban J connectivity index is 0.00000280. The van der Waals surface area contributed by atoms with Crippen molar-refractivity contribution in [1.82, 2.24) is 4.31 Å². The maximum absolute atomic E-state index is 12.8. The molecule has 0 spiro atoms. The normalized spacial score (nSPS) is 15.6. The zero-order valence-electron chi connectivity index (χ0n) is 16.0. The number of nitrogens with zero attached hydrogens (tertiary/aromatic N) is 1. The fourth-order valence-corrected chi connectivity index (χ4v) is 4.70. The van der Waals surface area contributed by atoms with Gasteiger partial charge in [-0.2, -0.15) is 4.31 Å². The van der Waals surface area contributed by atoms with Gasteiger partial charge in [-0.15, -0.1) is 12.4 Å². The van der Waals surface area contributed by atoms with Gasteiger partial charge in [-0.3, -0.25) is 4.79 Å². The van der Waals surface area contributed by atoms with Crippen molar-refractivity contribution in [2.24, 2.45) is 5.92 Å². The number of nitrogens with two attached hydrogens (primary N) is 1. The van der Waals surface area contributed by atoms with Gasteiger partial charge in [0, 0.05) is 30.4 Å². The van der Waals surface area contributed by atoms with E-state index >= 15 is 0 Å². The number of benzene rings is 2. The lowest BCUT2D eigenvalue weighted by atomic mass is 9.97. The maximum Gasteiger partial charge on any atom is 0.243 e. The highest BCUT2D eigenvalue weighted by atomic mass is 35.5. The number of rotatable bonds is 4. The van der Waals surface area contributed by atoms with Crippen LogP contribution < -0.4 is 11.1 Å². The summed E-state index contributed by atoms with van der Waals surface area (Å²) in [6, 6.07) is 12.2. The second kappa shape index (κ2) is 8.94. The Morgan fingerprint density at radius 2 is 1.68 bits per heavy atom. The molecule has 0 aromatic heterocycles. The summed E-state index contributed by atoms with van der Waals surface area (Å²) in [5.41, 5.74) is 9.04. The molecule has 0 radical (unpaired) electrons. The summed E-state index contributed by atoms with van der Waals surface area (Å²) in [6.07, 6.45) is 0.997. The second-order valence-electron chi connectivity index (χ2n) is 7.06. The molecule has 3 N–H and O–H groups in total. The minimum absolute atomic E-state index is 0. The highest BCUT2D eigenvalue weighted by Gasteiger charge is 2.32. The number of halogens is 1. The van der Waals surface area contributed by atoms with Crippen LogP contribution in [0.3, 0.4) is 0 Å². The van der Waals surface area contributed by atoms with Crippen LogP contribution in [0.25, 0.3) is 0 Å². The van der Waals surface area contributed by atoms with Gasteiger partial charge in [-0.1, -0.05) is 23.8 Å². The van der Waals surface area contributed by atoms with Crippen LogP contribution in [0.5, 0.6) is 0 Å². The number of amides is 1. The van der Waals surface area contributed by atoms with Crippen LogP contribution >= 0.6 is 12.4 Å². The monoisotopic (exact) mass is 423 g/mol. The van der Waals surface area contributed by atoms with Crippen molar-refractivity contribution >= 4 is 39.7 Å². The Morgan fingerprint density at radius 1 is 1.07 bits per heavy atom. The Kier molecular flexibility index (Phi) is 7.09. The summed E-state index contributed by atoms with van der Waals surface area (Å²) >= 11 is 0. The van der Waals surface area contributed by atoms with E-state index in [9.17, 15) is 13.2 Å². The lowest BCUT2D eigenvalue weighted by Crippen LogP contribution is -2.41. The Labute approximate surface area is 172 Å². The smallest absolute Gasteiger partial charge is 0.243 e. The molecule has 28 heavy (non-hydrogen) atoms. The van der Waals surface area contributed by atoms with E-state index in [2.05, 4.69) is 5.32 Å². The molecule has 1 fully saturated rings. The number of carbonyl (C=O) groups is 1. The topological polar surface area (TPSA) is 92.5 Å². The van der Waals surface area contributed by atoms with E-state index in [1.807, 2.05) is 19.9 Å². The molecule has 0 saturated carbocycles. The van der Waals surface area contributed by atoms with Gasteiger partial charge in [0.15, 0.2) is 0 Å². The van der Waals surface area contributed by atoms with Crippen molar-refractivity contribution in [3.05, 3.63) is 53.6 Å². The number of nitrogen functional groups attached to an aromatic ring is 1. The third kappa shape index (κ3) is 4.84. The molecule has 152 valence electrons. The van der Waals surface area contributed by atoms with Gasteiger partial charge < -0.3 is 11.1 Å². The molecule has 1 aliphatic heterocycles. The van der Waals surface area contributed by atoms with Gasteiger partial charge in [0.05, 0.1) is 4.90 Å². The molecule has 0 bridgehead atoms. The van der Waals surface area contributed by atoms with E-state index in [0.717, 1.165) is 11.1 Å². The Morgan fingerprint density at radius 3 is 2.29 bits per heavy atom. The number of hydrogen-bond donors (Lipinski definition) is 2. The predicted octanol–water partition coefficient (Wildman–Crippen LogP) is 3.35. The first-order valence-electron chi connectivity index (χ1n) is 9.01. The average Bonchev–Trinajstić information content (AvgIpc) is 2.65. The van der Waals surface area contributed by atoms with Crippen LogP contribution in [0, 0.1) is 19.8 Å². The SMILES string of the molecule is Cc1ccc(S(=O)(=O)N2CCC(C(=O)Nc3cc(N)ccc3C)CC2)cc1.Cl. The first-order valence-corrected chi connectivity index (χ1v) is 10.4.